The minimum Gasteiger partial charge on any atom is -0.493 e. The summed E-state index contributed by atoms with van der Waals surface area (Å²) in [6, 6.07) is 8.05. The molecule has 6 nitrogen and oxygen atoms in total. The van der Waals surface area contributed by atoms with E-state index in [-0.39, 0.29) is 24.0 Å². The zero-order chi connectivity index (χ0) is 18.9. The smallest absolute Gasteiger partial charge is 0.203 e. The van der Waals surface area contributed by atoms with Gasteiger partial charge in [-0.05, 0) is 23.6 Å². The Kier molecular flexibility index (Phi) is 10.3. The summed E-state index contributed by atoms with van der Waals surface area (Å²) in [6.45, 7) is 3.56. The Balaban J connectivity index is 0.00000364. The van der Waals surface area contributed by atoms with Gasteiger partial charge in [-0.3, -0.25) is 4.99 Å². The molecule has 2 N–H and O–H groups in total. The van der Waals surface area contributed by atoms with Gasteiger partial charge in [0.25, 0.3) is 0 Å². The van der Waals surface area contributed by atoms with Crippen LogP contribution in [0.4, 0.5) is 0 Å². The minimum atomic E-state index is 0. The van der Waals surface area contributed by atoms with Crippen molar-refractivity contribution in [2.45, 2.75) is 19.4 Å². The molecule has 2 rings (SSSR count). The van der Waals surface area contributed by atoms with E-state index in [4.69, 9.17) is 14.2 Å². The van der Waals surface area contributed by atoms with Crippen LogP contribution in [0, 0.1) is 0 Å². The molecule has 1 atom stereocenters. The predicted octanol–water partition coefficient (Wildman–Crippen LogP) is 3.86. The molecular formula is C19H28IN3O3S. The molecule has 0 bridgehead atoms. The van der Waals surface area contributed by atoms with Gasteiger partial charge in [0, 0.05) is 36.5 Å². The minimum absolute atomic E-state index is 0. The topological polar surface area (TPSA) is 64.1 Å². The number of hydrogen-bond donors (Lipinski definition) is 2. The third-order valence-electron chi connectivity index (χ3n) is 4.06. The van der Waals surface area contributed by atoms with Gasteiger partial charge in [0.2, 0.25) is 5.75 Å². The monoisotopic (exact) mass is 505 g/mol. The number of aliphatic imine (C=N–C) groups is 1. The summed E-state index contributed by atoms with van der Waals surface area (Å²) in [5, 5.41) is 8.78. The molecule has 0 aliphatic heterocycles. The molecule has 1 aromatic carbocycles. The third-order valence-corrected chi connectivity index (χ3v) is 5.16. The molecule has 8 heteroatoms. The van der Waals surface area contributed by atoms with Crippen LogP contribution in [-0.4, -0.2) is 40.9 Å². The second kappa shape index (κ2) is 11.9. The van der Waals surface area contributed by atoms with Crippen molar-refractivity contribution in [2.75, 3.05) is 34.9 Å². The Morgan fingerprint density at radius 3 is 2.37 bits per heavy atom. The Labute approximate surface area is 182 Å². The van der Waals surface area contributed by atoms with Gasteiger partial charge in [0.1, 0.15) is 0 Å². The van der Waals surface area contributed by atoms with Crippen LogP contribution < -0.4 is 24.8 Å². The van der Waals surface area contributed by atoms with Gasteiger partial charge in [-0.2, -0.15) is 0 Å². The van der Waals surface area contributed by atoms with Crippen LogP contribution in [0.15, 0.2) is 34.6 Å². The zero-order valence-electron chi connectivity index (χ0n) is 16.4. The van der Waals surface area contributed by atoms with Crippen LogP contribution in [0.25, 0.3) is 0 Å². The molecule has 0 amide bonds. The molecule has 27 heavy (non-hydrogen) atoms. The van der Waals surface area contributed by atoms with Crippen molar-refractivity contribution in [3.05, 3.63) is 40.1 Å². The highest BCUT2D eigenvalue weighted by molar-refractivity contribution is 14.0. The van der Waals surface area contributed by atoms with E-state index in [1.807, 2.05) is 12.1 Å². The Bertz CT molecular complexity index is 723. The second-order valence-corrected chi connectivity index (χ2v) is 6.70. The van der Waals surface area contributed by atoms with Gasteiger partial charge in [-0.1, -0.05) is 13.0 Å². The first-order chi connectivity index (χ1) is 12.6. The fourth-order valence-electron chi connectivity index (χ4n) is 2.62. The van der Waals surface area contributed by atoms with E-state index in [0.717, 1.165) is 18.1 Å². The lowest BCUT2D eigenvalue weighted by molar-refractivity contribution is 0.322. The standard InChI is InChI=1S/C19H27N3O3S.HI/c1-13(16-7-6-10-26-16)11-21-19(20-2)22-12-14-8-9-15(23-3)18(25-5)17(14)24-4;/h6-10,13H,11-12H2,1-5H3,(H2,20,21,22);1H. The van der Waals surface area contributed by atoms with Crippen LogP contribution in [0.3, 0.4) is 0 Å². The Hall–Kier alpha value is -1.68. The number of halogens is 1. The van der Waals surface area contributed by atoms with Crippen molar-refractivity contribution in [1.82, 2.24) is 10.6 Å². The van der Waals surface area contributed by atoms with Gasteiger partial charge >= 0.3 is 0 Å². The lowest BCUT2D eigenvalue weighted by atomic mass is 10.1. The first-order valence-corrected chi connectivity index (χ1v) is 9.28. The van der Waals surface area contributed by atoms with Crippen molar-refractivity contribution in [3.63, 3.8) is 0 Å². The summed E-state index contributed by atoms with van der Waals surface area (Å²) in [5.41, 5.74) is 0.958. The van der Waals surface area contributed by atoms with Crippen LogP contribution in [0.5, 0.6) is 17.2 Å². The third kappa shape index (κ3) is 6.17. The van der Waals surface area contributed by atoms with Crippen molar-refractivity contribution in [3.8, 4) is 17.2 Å². The fraction of sp³-hybridized carbons (Fsp3) is 0.421. The number of hydrogen-bond acceptors (Lipinski definition) is 5. The largest absolute Gasteiger partial charge is 0.493 e. The lowest BCUT2D eigenvalue weighted by Gasteiger charge is -2.18. The van der Waals surface area contributed by atoms with Crippen LogP contribution in [-0.2, 0) is 6.54 Å². The molecule has 0 saturated heterocycles. The number of nitrogens with one attached hydrogen (secondary N) is 2. The van der Waals surface area contributed by atoms with E-state index in [1.165, 1.54) is 4.88 Å². The molecule has 0 aliphatic carbocycles. The maximum atomic E-state index is 5.52. The summed E-state index contributed by atoms with van der Waals surface area (Å²) in [7, 11) is 6.59. The van der Waals surface area contributed by atoms with Gasteiger partial charge in [-0.25, -0.2) is 0 Å². The maximum absolute atomic E-state index is 5.52. The SMILES string of the molecule is CN=C(NCc1ccc(OC)c(OC)c1OC)NCC(C)c1cccs1.I. The normalized spacial score (nSPS) is 12.0. The van der Waals surface area contributed by atoms with Gasteiger partial charge in [0.05, 0.1) is 21.3 Å². The van der Waals surface area contributed by atoms with E-state index in [2.05, 4.69) is 40.1 Å². The van der Waals surface area contributed by atoms with E-state index in [1.54, 1.807) is 39.7 Å². The van der Waals surface area contributed by atoms with E-state index < -0.39 is 0 Å². The first kappa shape index (κ1) is 23.4. The predicted molar refractivity (Wildman–Crippen MR) is 122 cm³/mol. The van der Waals surface area contributed by atoms with Gasteiger partial charge < -0.3 is 24.8 Å². The maximum Gasteiger partial charge on any atom is 0.203 e. The number of ether oxygens (including phenoxy) is 3. The fourth-order valence-corrected chi connectivity index (χ4v) is 3.41. The average Bonchev–Trinajstić information content (AvgIpc) is 3.21. The summed E-state index contributed by atoms with van der Waals surface area (Å²) < 4.78 is 16.3. The Morgan fingerprint density at radius 1 is 1.07 bits per heavy atom. The second-order valence-electron chi connectivity index (χ2n) is 5.72. The van der Waals surface area contributed by atoms with Crippen LogP contribution in [0.2, 0.25) is 0 Å². The molecule has 0 radical (unpaired) electrons. The van der Waals surface area contributed by atoms with Crippen LogP contribution in [0.1, 0.15) is 23.3 Å². The molecule has 0 spiro atoms. The molecule has 1 heterocycles. The Morgan fingerprint density at radius 2 is 1.81 bits per heavy atom. The molecule has 2 aromatic rings. The number of thiophene rings is 1. The van der Waals surface area contributed by atoms with Gasteiger partial charge in [0.15, 0.2) is 17.5 Å². The van der Waals surface area contributed by atoms with Crippen molar-refractivity contribution >= 4 is 41.3 Å². The summed E-state index contributed by atoms with van der Waals surface area (Å²) in [5.74, 6) is 3.04. The van der Waals surface area contributed by atoms with Crippen LogP contribution >= 0.6 is 35.3 Å². The number of rotatable bonds is 8. The summed E-state index contributed by atoms with van der Waals surface area (Å²) in [6.07, 6.45) is 0. The molecule has 1 unspecified atom stereocenters. The number of guanidine groups is 1. The molecule has 150 valence electrons. The van der Waals surface area contributed by atoms with E-state index in [9.17, 15) is 0 Å². The molecule has 0 aliphatic rings. The molecule has 0 fully saturated rings. The number of benzene rings is 1. The molecule has 1 aromatic heterocycles. The first-order valence-electron chi connectivity index (χ1n) is 8.40. The zero-order valence-corrected chi connectivity index (χ0v) is 19.5. The highest BCUT2D eigenvalue weighted by Crippen LogP contribution is 2.39. The summed E-state index contributed by atoms with van der Waals surface area (Å²) in [4.78, 5) is 5.65. The number of nitrogens with zero attached hydrogens (tertiary/aromatic N) is 1. The van der Waals surface area contributed by atoms with Crippen molar-refractivity contribution in [2.24, 2.45) is 4.99 Å². The summed E-state index contributed by atoms with van der Waals surface area (Å²) >= 11 is 1.77. The lowest BCUT2D eigenvalue weighted by Crippen LogP contribution is -2.38. The molecule has 0 saturated carbocycles. The highest BCUT2D eigenvalue weighted by atomic mass is 127. The van der Waals surface area contributed by atoms with E-state index >= 15 is 0 Å². The number of methoxy groups -OCH3 is 3. The van der Waals surface area contributed by atoms with Gasteiger partial charge in [-0.15, -0.1) is 35.3 Å². The molecular weight excluding hydrogens is 477 g/mol. The van der Waals surface area contributed by atoms with Crippen molar-refractivity contribution in [1.29, 1.82) is 0 Å². The average molecular weight is 505 g/mol. The van der Waals surface area contributed by atoms with E-state index in [0.29, 0.717) is 29.7 Å². The van der Waals surface area contributed by atoms with Crippen molar-refractivity contribution < 1.29 is 14.2 Å². The quantitative estimate of drug-likeness (QED) is 0.324. The highest BCUT2D eigenvalue weighted by Gasteiger charge is 2.16.